The smallest absolute Gasteiger partial charge is 0.261 e. The average Bonchev–Trinajstić information content (AvgIpc) is 3.45. The highest BCUT2D eigenvalue weighted by molar-refractivity contribution is 6.22. The van der Waals surface area contributed by atoms with Crippen molar-refractivity contribution < 1.29 is 19.1 Å². The van der Waals surface area contributed by atoms with Crippen LogP contribution in [0.1, 0.15) is 75.3 Å². The molecule has 0 aliphatic carbocycles. The number of carbonyl (C=O) groups excluding carboxylic acids is 3. The Hall–Kier alpha value is -3.03. The number of ether oxygens (including phenoxy) is 1. The fraction of sp³-hybridized carbons (Fsp3) is 0.483. The molecule has 7 nitrogen and oxygen atoms in total. The van der Waals surface area contributed by atoms with E-state index in [9.17, 15) is 14.4 Å². The number of piperidine rings is 1. The lowest BCUT2D eigenvalue weighted by Crippen LogP contribution is -2.38. The SMILES string of the molecule is C[C@@H]1C[C@H](C)CN(Cc2ccccc2CNC(=O)c2ccc3c(c2)C(=O)N(C[C@@H]2CCCO2)C3=O)C1. The van der Waals surface area contributed by atoms with Gasteiger partial charge in [0.1, 0.15) is 0 Å². The van der Waals surface area contributed by atoms with Gasteiger partial charge in [-0.1, -0.05) is 38.1 Å². The Morgan fingerprint density at radius 3 is 2.44 bits per heavy atom. The van der Waals surface area contributed by atoms with Crippen LogP contribution in [0.3, 0.4) is 0 Å². The van der Waals surface area contributed by atoms with Crippen LogP contribution in [0.25, 0.3) is 0 Å². The molecule has 2 aromatic carbocycles. The van der Waals surface area contributed by atoms with E-state index in [4.69, 9.17) is 4.74 Å². The summed E-state index contributed by atoms with van der Waals surface area (Å²) in [6, 6.07) is 13.0. The number of benzene rings is 2. The minimum absolute atomic E-state index is 0.105. The number of imide groups is 1. The molecule has 0 saturated carbocycles. The van der Waals surface area contributed by atoms with Crippen LogP contribution in [0.15, 0.2) is 42.5 Å². The number of nitrogens with one attached hydrogen (secondary N) is 1. The summed E-state index contributed by atoms with van der Waals surface area (Å²) < 4.78 is 5.60. The highest BCUT2D eigenvalue weighted by atomic mass is 16.5. The summed E-state index contributed by atoms with van der Waals surface area (Å²) in [5.41, 5.74) is 3.33. The van der Waals surface area contributed by atoms with Gasteiger partial charge in [0.2, 0.25) is 0 Å². The van der Waals surface area contributed by atoms with Gasteiger partial charge in [0.15, 0.2) is 0 Å². The molecule has 5 rings (SSSR count). The van der Waals surface area contributed by atoms with Crippen molar-refractivity contribution in [1.29, 1.82) is 0 Å². The predicted octanol–water partition coefficient (Wildman–Crippen LogP) is 3.87. The zero-order valence-electron chi connectivity index (χ0n) is 21.2. The number of likely N-dealkylation sites (tertiary alicyclic amines) is 1. The van der Waals surface area contributed by atoms with E-state index in [-0.39, 0.29) is 30.4 Å². The van der Waals surface area contributed by atoms with Crippen molar-refractivity contribution in [2.24, 2.45) is 11.8 Å². The number of hydrogen-bond acceptors (Lipinski definition) is 5. The van der Waals surface area contributed by atoms with E-state index in [2.05, 4.69) is 36.2 Å². The number of carbonyl (C=O) groups is 3. The zero-order chi connectivity index (χ0) is 25.2. The Labute approximate surface area is 212 Å². The minimum atomic E-state index is -0.351. The first-order chi connectivity index (χ1) is 17.4. The number of hydrogen-bond donors (Lipinski definition) is 1. The minimum Gasteiger partial charge on any atom is -0.376 e. The Kier molecular flexibility index (Phi) is 7.21. The largest absolute Gasteiger partial charge is 0.376 e. The van der Waals surface area contributed by atoms with Gasteiger partial charge in [0, 0.05) is 38.3 Å². The molecule has 0 spiro atoms. The lowest BCUT2D eigenvalue weighted by atomic mass is 9.91. The standard InChI is InChI=1S/C29H35N3O4/c1-19-12-20(2)16-31(15-19)17-23-7-4-3-6-22(23)14-30-27(33)21-9-10-25-26(13-21)29(35)32(28(25)34)18-24-8-5-11-36-24/h3-4,6-7,9-10,13,19-20,24H,5,8,11-12,14-18H2,1-2H3,(H,30,33)/t19-,20+,24-/m0/s1. The van der Waals surface area contributed by atoms with E-state index in [1.165, 1.54) is 16.9 Å². The highest BCUT2D eigenvalue weighted by Crippen LogP contribution is 2.27. The maximum absolute atomic E-state index is 13.0. The second kappa shape index (κ2) is 10.5. The summed E-state index contributed by atoms with van der Waals surface area (Å²) in [6.45, 7) is 9.01. The van der Waals surface area contributed by atoms with Crippen LogP contribution in [0.2, 0.25) is 0 Å². The summed E-state index contributed by atoms with van der Waals surface area (Å²) in [5.74, 6) is 0.460. The molecule has 36 heavy (non-hydrogen) atoms. The van der Waals surface area contributed by atoms with Crippen molar-refractivity contribution in [2.75, 3.05) is 26.2 Å². The molecular weight excluding hydrogens is 454 g/mol. The van der Waals surface area contributed by atoms with Gasteiger partial charge in [0.05, 0.1) is 23.8 Å². The van der Waals surface area contributed by atoms with Gasteiger partial charge in [-0.3, -0.25) is 24.2 Å². The molecule has 2 fully saturated rings. The fourth-order valence-corrected chi connectivity index (χ4v) is 5.91. The molecule has 7 heteroatoms. The molecule has 3 atom stereocenters. The third-order valence-electron chi connectivity index (χ3n) is 7.54. The van der Waals surface area contributed by atoms with Crippen molar-refractivity contribution in [1.82, 2.24) is 15.1 Å². The molecule has 3 aliphatic rings. The zero-order valence-corrected chi connectivity index (χ0v) is 21.2. The number of fused-ring (bicyclic) bond motifs is 1. The Morgan fingerprint density at radius 2 is 1.72 bits per heavy atom. The first-order valence-electron chi connectivity index (χ1n) is 13.1. The van der Waals surface area contributed by atoms with Crippen molar-refractivity contribution in [3.63, 3.8) is 0 Å². The molecular formula is C29H35N3O4. The van der Waals surface area contributed by atoms with Gasteiger partial charge in [-0.2, -0.15) is 0 Å². The van der Waals surface area contributed by atoms with Crippen LogP contribution in [0, 0.1) is 11.8 Å². The van der Waals surface area contributed by atoms with Crippen LogP contribution >= 0.6 is 0 Å². The Morgan fingerprint density at radius 1 is 1.00 bits per heavy atom. The van der Waals surface area contributed by atoms with Gasteiger partial charge < -0.3 is 10.1 Å². The quantitative estimate of drug-likeness (QED) is 0.598. The van der Waals surface area contributed by atoms with Crippen LogP contribution in [0.5, 0.6) is 0 Å². The third-order valence-corrected chi connectivity index (χ3v) is 7.54. The van der Waals surface area contributed by atoms with Crippen LogP contribution in [-0.2, 0) is 17.8 Å². The van der Waals surface area contributed by atoms with E-state index < -0.39 is 0 Å². The molecule has 3 amide bonds. The van der Waals surface area contributed by atoms with Crippen molar-refractivity contribution >= 4 is 17.7 Å². The molecule has 0 bridgehead atoms. The molecule has 0 aromatic heterocycles. The lowest BCUT2D eigenvalue weighted by molar-refractivity contribution is 0.0475. The van der Waals surface area contributed by atoms with Crippen molar-refractivity contribution in [2.45, 2.75) is 52.3 Å². The first kappa shape index (κ1) is 24.7. The number of amides is 3. The molecule has 2 aromatic rings. The molecule has 3 heterocycles. The van der Waals surface area contributed by atoms with Crippen LogP contribution in [0.4, 0.5) is 0 Å². The molecule has 2 saturated heterocycles. The molecule has 1 N–H and O–H groups in total. The summed E-state index contributed by atoms with van der Waals surface area (Å²) in [6.07, 6.45) is 2.96. The van der Waals surface area contributed by atoms with Crippen molar-refractivity contribution in [3.8, 4) is 0 Å². The van der Waals surface area contributed by atoms with E-state index >= 15 is 0 Å². The predicted molar refractivity (Wildman–Crippen MR) is 137 cm³/mol. The van der Waals surface area contributed by atoms with E-state index in [0.29, 0.717) is 41.7 Å². The second-order valence-corrected chi connectivity index (χ2v) is 10.7. The summed E-state index contributed by atoms with van der Waals surface area (Å²) in [7, 11) is 0. The molecule has 0 unspecified atom stereocenters. The molecule has 190 valence electrons. The summed E-state index contributed by atoms with van der Waals surface area (Å²) in [5, 5.41) is 3.01. The third kappa shape index (κ3) is 5.22. The van der Waals surface area contributed by atoms with E-state index in [1.807, 2.05) is 12.1 Å². The monoisotopic (exact) mass is 489 g/mol. The summed E-state index contributed by atoms with van der Waals surface area (Å²) in [4.78, 5) is 42.5. The average molecular weight is 490 g/mol. The van der Waals surface area contributed by atoms with Gasteiger partial charge in [-0.05, 0) is 60.4 Å². The number of rotatable bonds is 7. The maximum Gasteiger partial charge on any atom is 0.261 e. The van der Waals surface area contributed by atoms with Gasteiger partial charge in [-0.25, -0.2) is 0 Å². The van der Waals surface area contributed by atoms with Crippen LogP contribution in [-0.4, -0.2) is 59.9 Å². The van der Waals surface area contributed by atoms with E-state index in [1.54, 1.807) is 18.2 Å². The van der Waals surface area contributed by atoms with Gasteiger partial charge >= 0.3 is 0 Å². The van der Waals surface area contributed by atoms with E-state index in [0.717, 1.165) is 38.0 Å². The normalized spacial score (nSPS) is 24.3. The van der Waals surface area contributed by atoms with Crippen molar-refractivity contribution in [3.05, 3.63) is 70.3 Å². The lowest BCUT2D eigenvalue weighted by Gasteiger charge is -2.35. The molecule has 0 radical (unpaired) electrons. The first-order valence-corrected chi connectivity index (χ1v) is 13.1. The van der Waals surface area contributed by atoms with Crippen LogP contribution < -0.4 is 5.32 Å². The Bertz CT molecular complexity index is 1150. The second-order valence-electron chi connectivity index (χ2n) is 10.7. The molecule has 3 aliphatic heterocycles. The van der Waals surface area contributed by atoms with Gasteiger partial charge in [-0.15, -0.1) is 0 Å². The maximum atomic E-state index is 13.0. The topological polar surface area (TPSA) is 79.0 Å². The summed E-state index contributed by atoms with van der Waals surface area (Å²) >= 11 is 0. The number of nitrogens with zero attached hydrogens (tertiary/aromatic N) is 2. The highest BCUT2D eigenvalue weighted by Gasteiger charge is 2.38. The van der Waals surface area contributed by atoms with Gasteiger partial charge in [0.25, 0.3) is 17.7 Å². The fourth-order valence-electron chi connectivity index (χ4n) is 5.91. The Balaban J connectivity index is 1.24.